The lowest BCUT2D eigenvalue weighted by Crippen LogP contribution is -2.41. The minimum Gasteiger partial charge on any atom is -0.465 e. The van der Waals surface area contributed by atoms with E-state index in [0.717, 1.165) is 6.54 Å². The summed E-state index contributed by atoms with van der Waals surface area (Å²) in [5, 5.41) is 10.6. The summed E-state index contributed by atoms with van der Waals surface area (Å²) in [6, 6.07) is 0. The van der Waals surface area contributed by atoms with Crippen molar-refractivity contribution in [2.45, 2.75) is 13.3 Å². The van der Waals surface area contributed by atoms with Crippen LogP contribution in [0.5, 0.6) is 0 Å². The molecule has 4 nitrogen and oxygen atoms in total. The third kappa shape index (κ3) is 3.32. The Labute approximate surface area is 84.0 Å². The monoisotopic (exact) mass is 206 g/mol. The maximum atomic E-state index is 11.2. The Morgan fingerprint density at radius 1 is 1.77 bits per heavy atom. The van der Waals surface area contributed by atoms with Crippen molar-refractivity contribution in [3.63, 3.8) is 0 Å². The van der Waals surface area contributed by atoms with Gasteiger partial charge in [-0.15, -0.1) is 12.4 Å². The van der Waals surface area contributed by atoms with Crippen LogP contribution in [0.2, 0.25) is 0 Å². The smallest absolute Gasteiger partial charge is 0.315 e. The van der Waals surface area contributed by atoms with Crippen LogP contribution >= 0.6 is 12.4 Å². The van der Waals surface area contributed by atoms with Crippen molar-refractivity contribution in [1.82, 2.24) is 5.32 Å². The van der Waals surface area contributed by atoms with Gasteiger partial charge in [-0.1, -0.05) is 0 Å². The summed E-state index contributed by atoms with van der Waals surface area (Å²) < 4.78 is 4.83. The van der Waals surface area contributed by atoms with Crippen molar-refractivity contribution in [2.75, 3.05) is 19.7 Å². The highest BCUT2D eigenvalue weighted by molar-refractivity contribution is 6.01. The number of hydrogen-bond acceptors (Lipinski definition) is 4. The van der Waals surface area contributed by atoms with Crippen LogP contribution in [-0.4, -0.2) is 31.4 Å². The fourth-order valence-corrected chi connectivity index (χ4v) is 1.24. The van der Waals surface area contributed by atoms with Crippen LogP contribution in [0, 0.1) is 11.3 Å². The molecule has 0 aromatic rings. The minimum absolute atomic E-state index is 0. The average Bonchev–Trinajstić information content (AvgIpc) is 2.05. The molecule has 1 heterocycles. The summed E-state index contributed by atoms with van der Waals surface area (Å²) in [7, 11) is 0. The molecule has 1 unspecified atom stereocenters. The highest BCUT2D eigenvalue weighted by atomic mass is 35.5. The van der Waals surface area contributed by atoms with E-state index in [9.17, 15) is 4.79 Å². The lowest BCUT2D eigenvalue weighted by molar-refractivity contribution is -0.145. The van der Waals surface area contributed by atoms with E-state index in [1.165, 1.54) is 0 Å². The van der Waals surface area contributed by atoms with Gasteiger partial charge in [0.25, 0.3) is 0 Å². The van der Waals surface area contributed by atoms with Crippen LogP contribution in [0.4, 0.5) is 0 Å². The molecule has 2 N–H and O–H groups in total. The Balaban J connectivity index is 0.00000144. The second-order valence-corrected chi connectivity index (χ2v) is 2.78. The predicted molar refractivity (Wildman–Crippen MR) is 52.6 cm³/mol. The molecule has 0 radical (unpaired) electrons. The summed E-state index contributed by atoms with van der Waals surface area (Å²) >= 11 is 0. The van der Waals surface area contributed by atoms with Gasteiger partial charge in [-0.2, -0.15) is 0 Å². The molecule has 0 amide bonds. The number of esters is 1. The van der Waals surface area contributed by atoms with Crippen molar-refractivity contribution in [3.05, 3.63) is 0 Å². The van der Waals surface area contributed by atoms with Crippen molar-refractivity contribution < 1.29 is 9.53 Å². The first-order chi connectivity index (χ1) is 5.75. The Morgan fingerprint density at radius 3 is 3.00 bits per heavy atom. The quantitative estimate of drug-likeness (QED) is 0.651. The van der Waals surface area contributed by atoms with Gasteiger partial charge in [0.15, 0.2) is 0 Å². The Bertz CT molecular complexity index is 197. The molecule has 0 aromatic heterocycles. The number of nitrogens with one attached hydrogen (secondary N) is 2. The molecule has 1 aliphatic rings. The summed E-state index contributed by atoms with van der Waals surface area (Å²) in [6.07, 6.45) is 0.656. The maximum absolute atomic E-state index is 11.2. The number of hydrogen-bond donors (Lipinski definition) is 2. The SMILES string of the molecule is CCOC(=O)C1CNCCC1=N.Cl. The van der Waals surface area contributed by atoms with Crippen molar-refractivity contribution >= 4 is 24.1 Å². The lowest BCUT2D eigenvalue weighted by atomic mass is 9.97. The molecule has 1 rings (SSSR count). The predicted octanol–water partition coefficient (Wildman–Crippen LogP) is 0.601. The standard InChI is InChI=1S/C8H14N2O2.ClH/c1-2-12-8(11)6-5-10-4-3-7(6)9;/h6,9-10H,2-5H2,1H3;1H. The summed E-state index contributed by atoms with van der Waals surface area (Å²) in [5.41, 5.74) is 0.493. The molecule has 5 heteroatoms. The van der Waals surface area contributed by atoms with Gasteiger partial charge in [0.2, 0.25) is 0 Å². The molecule has 1 atom stereocenters. The van der Waals surface area contributed by atoms with Gasteiger partial charge < -0.3 is 15.5 Å². The van der Waals surface area contributed by atoms with Gasteiger partial charge in [0.1, 0.15) is 5.92 Å². The topological polar surface area (TPSA) is 62.2 Å². The van der Waals surface area contributed by atoms with Crippen LogP contribution in [0.25, 0.3) is 0 Å². The zero-order valence-corrected chi connectivity index (χ0v) is 8.45. The van der Waals surface area contributed by atoms with Gasteiger partial charge in [0.05, 0.1) is 6.61 Å². The minimum atomic E-state index is -0.348. The van der Waals surface area contributed by atoms with Gasteiger partial charge in [-0.3, -0.25) is 4.79 Å². The first-order valence-electron chi connectivity index (χ1n) is 4.20. The molecule has 1 saturated heterocycles. The Kier molecular flexibility index (Phi) is 5.66. The van der Waals surface area contributed by atoms with Crippen molar-refractivity contribution in [1.29, 1.82) is 5.41 Å². The van der Waals surface area contributed by atoms with E-state index in [-0.39, 0.29) is 24.3 Å². The fraction of sp³-hybridized carbons (Fsp3) is 0.750. The number of carbonyl (C=O) groups excluding carboxylic acids is 1. The number of halogens is 1. The zero-order valence-electron chi connectivity index (χ0n) is 7.63. The third-order valence-corrected chi connectivity index (χ3v) is 1.91. The first-order valence-corrected chi connectivity index (χ1v) is 4.20. The van der Waals surface area contributed by atoms with E-state index in [4.69, 9.17) is 10.1 Å². The van der Waals surface area contributed by atoms with Crippen molar-refractivity contribution in [2.24, 2.45) is 5.92 Å². The Morgan fingerprint density at radius 2 is 2.46 bits per heavy atom. The molecule has 76 valence electrons. The summed E-state index contributed by atoms with van der Waals surface area (Å²) in [4.78, 5) is 11.2. The second kappa shape index (κ2) is 5.94. The van der Waals surface area contributed by atoms with E-state index in [2.05, 4.69) is 5.32 Å². The van der Waals surface area contributed by atoms with E-state index in [0.29, 0.717) is 25.3 Å². The van der Waals surface area contributed by atoms with Gasteiger partial charge in [0, 0.05) is 18.8 Å². The molecular formula is C8H15ClN2O2. The molecule has 0 aliphatic carbocycles. The van der Waals surface area contributed by atoms with Crippen LogP contribution in [0.15, 0.2) is 0 Å². The van der Waals surface area contributed by atoms with Gasteiger partial charge in [-0.05, 0) is 13.3 Å². The maximum Gasteiger partial charge on any atom is 0.315 e. The van der Waals surface area contributed by atoms with Crippen molar-refractivity contribution in [3.8, 4) is 0 Å². The summed E-state index contributed by atoms with van der Waals surface area (Å²) in [5.74, 6) is -0.617. The number of ether oxygens (including phenoxy) is 1. The van der Waals surface area contributed by atoms with Crippen LogP contribution < -0.4 is 5.32 Å². The average molecular weight is 207 g/mol. The fourth-order valence-electron chi connectivity index (χ4n) is 1.24. The largest absolute Gasteiger partial charge is 0.465 e. The van der Waals surface area contributed by atoms with Gasteiger partial charge >= 0.3 is 5.97 Å². The highest BCUT2D eigenvalue weighted by Crippen LogP contribution is 2.07. The van der Waals surface area contributed by atoms with Crippen LogP contribution in [0.3, 0.4) is 0 Å². The number of piperidine rings is 1. The molecule has 0 bridgehead atoms. The van der Waals surface area contributed by atoms with E-state index >= 15 is 0 Å². The van der Waals surface area contributed by atoms with E-state index < -0.39 is 0 Å². The first kappa shape index (κ1) is 12.4. The molecule has 0 aromatic carbocycles. The zero-order chi connectivity index (χ0) is 8.97. The molecule has 1 aliphatic heterocycles. The molecular weight excluding hydrogens is 192 g/mol. The van der Waals surface area contributed by atoms with Gasteiger partial charge in [-0.25, -0.2) is 0 Å². The van der Waals surface area contributed by atoms with Crippen LogP contribution in [-0.2, 0) is 9.53 Å². The summed E-state index contributed by atoms with van der Waals surface area (Å²) in [6.45, 7) is 3.52. The third-order valence-electron chi connectivity index (χ3n) is 1.91. The second-order valence-electron chi connectivity index (χ2n) is 2.78. The van der Waals surface area contributed by atoms with Crippen LogP contribution in [0.1, 0.15) is 13.3 Å². The Hall–Kier alpha value is -0.610. The number of rotatable bonds is 2. The molecule has 0 spiro atoms. The normalized spacial score (nSPS) is 21.9. The van der Waals surface area contributed by atoms with E-state index in [1.54, 1.807) is 6.92 Å². The molecule has 0 saturated carbocycles. The molecule has 1 fully saturated rings. The lowest BCUT2D eigenvalue weighted by Gasteiger charge is -2.21. The number of carbonyl (C=O) groups is 1. The van der Waals surface area contributed by atoms with E-state index in [1.807, 2.05) is 0 Å². The highest BCUT2D eigenvalue weighted by Gasteiger charge is 2.26. The molecule has 13 heavy (non-hydrogen) atoms.